The number of ether oxygens (including phenoxy) is 2. The molecule has 2 aromatic rings. The van der Waals surface area contributed by atoms with E-state index in [1.54, 1.807) is 4.90 Å². The van der Waals surface area contributed by atoms with Gasteiger partial charge in [-0.2, -0.15) is 13.2 Å². The van der Waals surface area contributed by atoms with Crippen molar-refractivity contribution in [2.75, 3.05) is 49.7 Å². The molecule has 0 spiro atoms. The number of furan rings is 1. The molecule has 172 valence electrons. The molecule has 1 aliphatic heterocycles. The maximum absolute atomic E-state index is 13.1. The fourth-order valence-electron chi connectivity index (χ4n) is 2.92. The van der Waals surface area contributed by atoms with Crippen molar-refractivity contribution < 1.29 is 41.4 Å². The van der Waals surface area contributed by atoms with Crippen molar-refractivity contribution in [2.45, 2.75) is 6.18 Å². The summed E-state index contributed by atoms with van der Waals surface area (Å²) in [7, 11) is 0. The quantitative estimate of drug-likeness (QED) is 0.615. The van der Waals surface area contributed by atoms with Gasteiger partial charge in [0.05, 0.1) is 36.4 Å². The third-order valence-corrected chi connectivity index (χ3v) is 4.45. The Balaban J connectivity index is 1.58. The number of carbonyl (C=O) groups excluding carboxylic acids is 3. The summed E-state index contributed by atoms with van der Waals surface area (Å²) < 4.78 is 54.3. The molecule has 2 N–H and O–H groups in total. The number of benzene rings is 1. The zero-order chi connectivity index (χ0) is 23.1. The van der Waals surface area contributed by atoms with E-state index >= 15 is 0 Å². The second kappa shape index (κ2) is 10.2. The Morgan fingerprint density at radius 1 is 1.12 bits per heavy atom. The second-order valence-electron chi connectivity index (χ2n) is 6.70. The van der Waals surface area contributed by atoms with Crippen LogP contribution in [-0.2, 0) is 25.2 Å². The number of nitrogens with one attached hydrogen (secondary N) is 2. The number of hydrogen-bond donors (Lipinski definition) is 2. The number of amides is 2. The molecule has 2 amide bonds. The molecule has 3 rings (SSSR count). The monoisotopic (exact) mass is 455 g/mol. The summed E-state index contributed by atoms with van der Waals surface area (Å²) in [6.45, 7) is 0.423. The first kappa shape index (κ1) is 23.1. The molecule has 1 fully saturated rings. The van der Waals surface area contributed by atoms with E-state index in [2.05, 4.69) is 10.6 Å². The van der Waals surface area contributed by atoms with Crippen LogP contribution in [0.5, 0.6) is 0 Å². The van der Waals surface area contributed by atoms with Gasteiger partial charge < -0.3 is 29.4 Å². The number of anilines is 2. The van der Waals surface area contributed by atoms with E-state index in [1.165, 1.54) is 24.5 Å². The summed E-state index contributed by atoms with van der Waals surface area (Å²) in [5.74, 6) is -2.38. The summed E-state index contributed by atoms with van der Waals surface area (Å²) in [5.41, 5.74) is -0.594. The number of esters is 1. The molecular formula is C20H20F3N3O6. The predicted octanol–water partition coefficient (Wildman–Crippen LogP) is 2.05. The number of carbonyl (C=O) groups is 3. The van der Waals surface area contributed by atoms with Gasteiger partial charge in [-0.25, -0.2) is 0 Å². The molecule has 1 saturated heterocycles. The van der Waals surface area contributed by atoms with Crippen molar-refractivity contribution in [2.24, 2.45) is 0 Å². The Morgan fingerprint density at radius 2 is 1.88 bits per heavy atom. The largest absolute Gasteiger partial charge is 0.459 e. The van der Waals surface area contributed by atoms with E-state index in [9.17, 15) is 27.6 Å². The average Bonchev–Trinajstić information content (AvgIpc) is 3.31. The van der Waals surface area contributed by atoms with E-state index in [-0.39, 0.29) is 11.4 Å². The molecule has 0 radical (unpaired) electrons. The lowest BCUT2D eigenvalue weighted by Gasteiger charge is -2.31. The van der Waals surface area contributed by atoms with Gasteiger partial charge in [0.25, 0.3) is 11.8 Å². The van der Waals surface area contributed by atoms with Crippen molar-refractivity contribution in [1.29, 1.82) is 0 Å². The SMILES string of the molecule is O=C(COC(=O)CNC(=O)c1ccco1)Nc1cc(C(F)(F)F)ccc1N1CCOCC1. The zero-order valence-corrected chi connectivity index (χ0v) is 16.7. The smallest absolute Gasteiger partial charge is 0.416 e. The van der Waals surface area contributed by atoms with Crippen molar-refractivity contribution in [3.8, 4) is 0 Å². The summed E-state index contributed by atoms with van der Waals surface area (Å²) in [4.78, 5) is 37.5. The number of halogens is 3. The van der Waals surface area contributed by atoms with Gasteiger partial charge in [-0.05, 0) is 30.3 Å². The molecule has 0 unspecified atom stereocenters. The van der Waals surface area contributed by atoms with E-state index in [0.717, 1.165) is 12.1 Å². The molecule has 9 nitrogen and oxygen atoms in total. The Bertz CT molecular complexity index is 956. The molecule has 0 bridgehead atoms. The van der Waals surface area contributed by atoms with Crippen LogP contribution in [0.15, 0.2) is 41.0 Å². The first-order valence-corrected chi connectivity index (χ1v) is 9.55. The lowest BCUT2D eigenvalue weighted by molar-refractivity contribution is -0.146. The van der Waals surface area contributed by atoms with Crippen molar-refractivity contribution in [1.82, 2.24) is 5.32 Å². The second-order valence-corrected chi connectivity index (χ2v) is 6.70. The lowest BCUT2D eigenvalue weighted by atomic mass is 10.1. The minimum absolute atomic E-state index is 0.00395. The van der Waals surface area contributed by atoms with E-state index in [1.807, 2.05) is 0 Å². The first-order valence-electron chi connectivity index (χ1n) is 9.55. The van der Waals surface area contributed by atoms with Gasteiger partial charge in [-0.1, -0.05) is 0 Å². The third-order valence-electron chi connectivity index (χ3n) is 4.45. The summed E-state index contributed by atoms with van der Waals surface area (Å²) in [6.07, 6.45) is -3.31. The van der Waals surface area contributed by atoms with E-state index < -0.39 is 42.7 Å². The highest BCUT2D eigenvalue weighted by molar-refractivity contribution is 5.97. The number of nitrogens with zero attached hydrogens (tertiary/aromatic N) is 1. The van der Waals surface area contributed by atoms with Crippen LogP contribution in [0.25, 0.3) is 0 Å². The van der Waals surface area contributed by atoms with Crippen LogP contribution in [0.4, 0.5) is 24.5 Å². The van der Waals surface area contributed by atoms with Crippen LogP contribution in [0.3, 0.4) is 0 Å². The Hall–Kier alpha value is -3.54. The van der Waals surface area contributed by atoms with Crippen LogP contribution in [0.1, 0.15) is 16.1 Å². The van der Waals surface area contributed by atoms with Gasteiger partial charge in [0.15, 0.2) is 12.4 Å². The fourth-order valence-corrected chi connectivity index (χ4v) is 2.92. The number of rotatable bonds is 7. The molecule has 1 aliphatic rings. The molecule has 0 atom stereocenters. The third kappa shape index (κ3) is 6.23. The topological polar surface area (TPSA) is 110 Å². The maximum Gasteiger partial charge on any atom is 0.416 e. The average molecular weight is 455 g/mol. The van der Waals surface area contributed by atoms with Gasteiger partial charge in [0.1, 0.15) is 6.54 Å². The fraction of sp³-hybridized carbons (Fsp3) is 0.350. The van der Waals surface area contributed by atoms with Crippen LogP contribution in [0, 0.1) is 0 Å². The Morgan fingerprint density at radius 3 is 2.53 bits per heavy atom. The minimum Gasteiger partial charge on any atom is -0.459 e. The minimum atomic E-state index is -4.60. The van der Waals surface area contributed by atoms with Gasteiger partial charge >= 0.3 is 12.1 Å². The van der Waals surface area contributed by atoms with Crippen LogP contribution >= 0.6 is 0 Å². The predicted molar refractivity (Wildman–Crippen MR) is 105 cm³/mol. The van der Waals surface area contributed by atoms with E-state index in [0.29, 0.717) is 32.0 Å². The summed E-state index contributed by atoms with van der Waals surface area (Å²) in [6, 6.07) is 5.93. The van der Waals surface area contributed by atoms with Crippen molar-refractivity contribution >= 4 is 29.2 Å². The molecular weight excluding hydrogens is 435 g/mol. The van der Waals surface area contributed by atoms with Crippen molar-refractivity contribution in [3.05, 3.63) is 47.9 Å². The molecule has 0 saturated carbocycles. The highest BCUT2D eigenvalue weighted by Crippen LogP contribution is 2.35. The van der Waals surface area contributed by atoms with Crippen LogP contribution in [0.2, 0.25) is 0 Å². The van der Waals surface area contributed by atoms with Crippen LogP contribution < -0.4 is 15.5 Å². The summed E-state index contributed by atoms with van der Waals surface area (Å²) >= 11 is 0. The highest BCUT2D eigenvalue weighted by atomic mass is 19.4. The normalized spacial score (nSPS) is 14.0. The number of morpholine rings is 1. The lowest BCUT2D eigenvalue weighted by Crippen LogP contribution is -2.37. The maximum atomic E-state index is 13.1. The zero-order valence-electron chi connectivity index (χ0n) is 16.7. The number of hydrogen-bond acceptors (Lipinski definition) is 7. The highest BCUT2D eigenvalue weighted by Gasteiger charge is 2.32. The first-order chi connectivity index (χ1) is 15.2. The molecule has 12 heteroatoms. The number of alkyl halides is 3. The van der Waals surface area contributed by atoms with Gasteiger partial charge in [0, 0.05) is 13.1 Å². The van der Waals surface area contributed by atoms with Gasteiger partial charge in [0.2, 0.25) is 0 Å². The molecule has 2 heterocycles. The van der Waals surface area contributed by atoms with Crippen LogP contribution in [-0.4, -0.2) is 57.2 Å². The molecule has 32 heavy (non-hydrogen) atoms. The van der Waals surface area contributed by atoms with Gasteiger partial charge in [-0.3, -0.25) is 14.4 Å². The Kier molecular flexibility index (Phi) is 7.36. The van der Waals surface area contributed by atoms with Crippen molar-refractivity contribution in [3.63, 3.8) is 0 Å². The van der Waals surface area contributed by atoms with Gasteiger partial charge in [-0.15, -0.1) is 0 Å². The Labute approximate surface area is 180 Å². The molecule has 1 aromatic carbocycles. The standard InChI is InChI=1S/C20H20F3N3O6/c21-20(22,23)13-3-4-15(26-5-8-30-9-6-26)14(10-13)25-17(27)12-32-18(28)11-24-19(29)16-2-1-7-31-16/h1-4,7,10H,5-6,8-9,11-12H2,(H,24,29)(H,25,27). The molecule has 0 aliphatic carbocycles. The van der Waals surface area contributed by atoms with E-state index in [4.69, 9.17) is 13.9 Å². The summed E-state index contributed by atoms with van der Waals surface area (Å²) in [5, 5.41) is 4.61. The molecule has 1 aromatic heterocycles.